The number of aryl methyl sites for hydroxylation is 1. The molecule has 1 amide bonds. The zero-order valence-electron chi connectivity index (χ0n) is 26.3. The summed E-state index contributed by atoms with van der Waals surface area (Å²) in [5, 5.41) is 14.1. The Labute approximate surface area is 275 Å². The van der Waals surface area contributed by atoms with E-state index in [9.17, 15) is 14.7 Å². The van der Waals surface area contributed by atoms with Gasteiger partial charge in [0.25, 0.3) is 11.5 Å². The predicted octanol–water partition coefficient (Wildman–Crippen LogP) is 3.88. The third-order valence-corrected chi connectivity index (χ3v) is 8.03. The summed E-state index contributed by atoms with van der Waals surface area (Å²) in [6.07, 6.45) is 4.98. The molecular formula is C33H34ClN9O4. The van der Waals surface area contributed by atoms with Crippen molar-refractivity contribution in [3.63, 3.8) is 0 Å². The van der Waals surface area contributed by atoms with Crippen molar-refractivity contribution in [2.24, 2.45) is 0 Å². The molecule has 13 nitrogen and oxygen atoms in total. The SMILES string of the molecule is COC1CN(c2cc(-c3cnc(N)c(-c4ccc(N(CC(C)(C)O)C(=O)c5c(C)[nH]n(-c6cccc(Cl)c6)c5=O)cn4)n3)ccn2)C1. The Balaban J connectivity index is 1.31. The molecule has 5 aromatic rings. The average Bonchev–Trinajstić information content (AvgIpc) is 3.32. The van der Waals surface area contributed by atoms with Crippen LogP contribution in [0.4, 0.5) is 17.3 Å². The van der Waals surface area contributed by atoms with Gasteiger partial charge in [0.1, 0.15) is 17.1 Å². The van der Waals surface area contributed by atoms with Gasteiger partial charge in [-0.15, -0.1) is 0 Å². The van der Waals surface area contributed by atoms with Crippen molar-refractivity contribution in [2.45, 2.75) is 32.5 Å². The average molecular weight is 656 g/mol. The highest BCUT2D eigenvalue weighted by atomic mass is 35.5. The van der Waals surface area contributed by atoms with Crippen LogP contribution in [0.2, 0.25) is 5.02 Å². The van der Waals surface area contributed by atoms with Gasteiger partial charge in [0.2, 0.25) is 0 Å². The van der Waals surface area contributed by atoms with E-state index in [2.05, 4.69) is 25.0 Å². The number of anilines is 3. The number of nitrogens with zero attached hydrogens (tertiary/aromatic N) is 7. The molecule has 0 spiro atoms. The molecule has 0 aliphatic carbocycles. The zero-order chi connectivity index (χ0) is 33.5. The Morgan fingerprint density at radius 3 is 2.60 bits per heavy atom. The van der Waals surface area contributed by atoms with Crippen LogP contribution < -0.4 is 21.1 Å². The fraction of sp³-hybridized carbons (Fsp3) is 0.273. The Morgan fingerprint density at radius 1 is 1.13 bits per heavy atom. The maximum absolute atomic E-state index is 14.0. The number of aliphatic hydroxyl groups is 1. The lowest BCUT2D eigenvalue weighted by Gasteiger charge is -2.39. The molecule has 1 aliphatic rings. The molecule has 0 saturated carbocycles. The second-order valence-electron chi connectivity index (χ2n) is 12.0. The first-order chi connectivity index (χ1) is 22.4. The van der Waals surface area contributed by atoms with Gasteiger partial charge >= 0.3 is 0 Å². The van der Waals surface area contributed by atoms with E-state index in [1.54, 1.807) is 76.7 Å². The second kappa shape index (κ2) is 12.6. The molecule has 1 aromatic carbocycles. The molecule has 0 bridgehead atoms. The summed E-state index contributed by atoms with van der Waals surface area (Å²) in [6, 6.07) is 13.8. The van der Waals surface area contributed by atoms with E-state index in [0.717, 1.165) is 24.5 Å². The number of ether oxygens (including phenoxy) is 1. The fourth-order valence-corrected chi connectivity index (χ4v) is 5.52. The molecule has 0 atom stereocenters. The Bertz CT molecular complexity index is 2000. The quantitative estimate of drug-likeness (QED) is 0.212. The number of carbonyl (C=O) groups is 1. The smallest absolute Gasteiger partial charge is 0.284 e. The first-order valence-corrected chi connectivity index (χ1v) is 15.2. The number of hydrogen-bond donors (Lipinski definition) is 3. The summed E-state index contributed by atoms with van der Waals surface area (Å²) in [5.74, 6) is 0.393. The van der Waals surface area contributed by atoms with Crippen LogP contribution in [0, 0.1) is 6.92 Å². The van der Waals surface area contributed by atoms with E-state index >= 15 is 0 Å². The van der Waals surface area contributed by atoms with Gasteiger partial charge in [-0.05, 0) is 63.2 Å². The minimum atomic E-state index is -1.29. The van der Waals surface area contributed by atoms with Gasteiger partial charge in [-0.25, -0.2) is 19.6 Å². The van der Waals surface area contributed by atoms with Gasteiger partial charge in [0, 0.05) is 42.7 Å². The number of methoxy groups -OCH3 is 1. The normalized spacial score (nSPS) is 13.4. The summed E-state index contributed by atoms with van der Waals surface area (Å²) < 4.78 is 6.64. The first kappa shape index (κ1) is 31.9. The van der Waals surface area contributed by atoms with Crippen LogP contribution in [0.3, 0.4) is 0 Å². The summed E-state index contributed by atoms with van der Waals surface area (Å²) >= 11 is 6.14. The number of carbonyl (C=O) groups excluding carboxylic acids is 1. The van der Waals surface area contributed by atoms with Crippen molar-refractivity contribution >= 4 is 34.8 Å². The van der Waals surface area contributed by atoms with Crippen LogP contribution in [-0.4, -0.2) is 79.2 Å². The van der Waals surface area contributed by atoms with Crippen LogP contribution in [0.1, 0.15) is 29.9 Å². The van der Waals surface area contributed by atoms with E-state index < -0.39 is 17.1 Å². The molecule has 4 aromatic heterocycles. The lowest BCUT2D eigenvalue weighted by Crippen LogP contribution is -2.52. The number of nitrogens with two attached hydrogens (primary N) is 1. The molecule has 0 unspecified atom stereocenters. The lowest BCUT2D eigenvalue weighted by atomic mass is 10.1. The maximum atomic E-state index is 14.0. The zero-order valence-corrected chi connectivity index (χ0v) is 27.1. The number of pyridine rings is 2. The number of benzene rings is 1. The minimum Gasteiger partial charge on any atom is -0.389 e. The number of aromatic amines is 1. The first-order valence-electron chi connectivity index (χ1n) is 14.9. The van der Waals surface area contributed by atoms with Gasteiger partial charge in [0.05, 0.1) is 53.4 Å². The number of nitrogens with one attached hydrogen (secondary N) is 1. The maximum Gasteiger partial charge on any atom is 0.284 e. The fourth-order valence-electron chi connectivity index (χ4n) is 5.33. The molecule has 0 radical (unpaired) electrons. The van der Waals surface area contributed by atoms with Crippen LogP contribution >= 0.6 is 11.6 Å². The van der Waals surface area contributed by atoms with Gasteiger partial charge in [0.15, 0.2) is 5.82 Å². The van der Waals surface area contributed by atoms with E-state index in [1.807, 2.05) is 12.1 Å². The monoisotopic (exact) mass is 655 g/mol. The van der Waals surface area contributed by atoms with Crippen LogP contribution in [0.15, 0.2) is 71.9 Å². The third kappa shape index (κ3) is 6.59. The summed E-state index contributed by atoms with van der Waals surface area (Å²) in [6.45, 7) is 6.20. The van der Waals surface area contributed by atoms with Gasteiger partial charge in [-0.2, -0.15) is 0 Å². The van der Waals surface area contributed by atoms with E-state index in [4.69, 9.17) is 27.1 Å². The highest BCUT2D eigenvalue weighted by Gasteiger charge is 2.30. The van der Waals surface area contributed by atoms with E-state index in [-0.39, 0.29) is 24.0 Å². The van der Waals surface area contributed by atoms with Crippen molar-refractivity contribution < 1.29 is 14.6 Å². The van der Waals surface area contributed by atoms with Gasteiger partial charge < -0.3 is 25.4 Å². The van der Waals surface area contributed by atoms with Crippen LogP contribution in [-0.2, 0) is 4.74 Å². The summed E-state index contributed by atoms with van der Waals surface area (Å²) in [4.78, 5) is 49.1. The minimum absolute atomic E-state index is 0.0752. The topological polar surface area (TPSA) is 168 Å². The van der Waals surface area contributed by atoms with E-state index in [1.165, 1.54) is 15.8 Å². The standard InChI is InChI=1S/C33H34ClN9O4/c1-19-28(32(45)43(40-19)22-7-5-6-21(34)13-22)31(44)42(18-33(2,3)46)23-8-9-25(37-14-23)29-30(35)38-15-26(39-29)20-10-11-36-27(12-20)41-16-24(17-41)47-4/h5-15,24,40,46H,16-18H2,1-4H3,(H2,35,38). The van der Waals surface area contributed by atoms with Crippen molar-refractivity contribution in [1.82, 2.24) is 29.7 Å². The highest BCUT2D eigenvalue weighted by Crippen LogP contribution is 2.29. The van der Waals surface area contributed by atoms with Crippen molar-refractivity contribution in [2.75, 3.05) is 42.3 Å². The molecule has 5 heterocycles. The summed E-state index contributed by atoms with van der Waals surface area (Å²) in [7, 11) is 1.70. The number of H-pyrrole nitrogens is 1. The Kier molecular flexibility index (Phi) is 8.53. The number of amides is 1. The molecule has 14 heteroatoms. The van der Waals surface area contributed by atoms with Crippen LogP contribution in [0.5, 0.6) is 0 Å². The second-order valence-corrected chi connectivity index (χ2v) is 12.4. The summed E-state index contributed by atoms with van der Waals surface area (Å²) in [5.41, 5.74) is 7.72. The Morgan fingerprint density at radius 2 is 1.91 bits per heavy atom. The third-order valence-electron chi connectivity index (χ3n) is 7.79. The number of nitrogen functional groups attached to an aromatic ring is 1. The number of rotatable bonds is 9. The highest BCUT2D eigenvalue weighted by molar-refractivity contribution is 6.30. The van der Waals surface area contributed by atoms with Crippen molar-refractivity contribution in [3.8, 4) is 28.3 Å². The number of halogens is 1. The molecular weight excluding hydrogens is 622 g/mol. The van der Waals surface area contributed by atoms with Crippen molar-refractivity contribution in [3.05, 3.63) is 93.8 Å². The lowest BCUT2D eigenvalue weighted by molar-refractivity contribution is 0.0773. The molecule has 47 heavy (non-hydrogen) atoms. The number of aromatic nitrogens is 6. The Hall–Kier alpha value is -5.11. The molecule has 1 aliphatic heterocycles. The molecule has 6 rings (SSSR count). The predicted molar refractivity (Wildman–Crippen MR) is 180 cm³/mol. The van der Waals surface area contributed by atoms with E-state index in [0.29, 0.717) is 39.2 Å². The molecule has 4 N–H and O–H groups in total. The van der Waals surface area contributed by atoms with Crippen molar-refractivity contribution in [1.29, 1.82) is 0 Å². The number of hydrogen-bond acceptors (Lipinski definition) is 10. The molecule has 242 valence electrons. The van der Waals surface area contributed by atoms with Gasteiger partial charge in [-0.3, -0.25) is 19.7 Å². The largest absolute Gasteiger partial charge is 0.389 e. The molecule has 1 fully saturated rings. The van der Waals surface area contributed by atoms with Gasteiger partial charge in [-0.1, -0.05) is 17.7 Å². The molecule has 1 saturated heterocycles. The van der Waals surface area contributed by atoms with Crippen LogP contribution in [0.25, 0.3) is 28.3 Å².